The zero-order chi connectivity index (χ0) is 23.1. The molecule has 0 saturated heterocycles. The second-order valence-electron chi connectivity index (χ2n) is 8.69. The first-order valence-electron chi connectivity index (χ1n) is 11.1. The number of hydrogen-bond acceptors (Lipinski definition) is 5. The van der Waals surface area contributed by atoms with E-state index in [9.17, 15) is 9.59 Å². The minimum Gasteiger partial charge on any atom is -0.355 e. The molecule has 33 heavy (non-hydrogen) atoms. The van der Waals surface area contributed by atoms with Crippen LogP contribution in [0.15, 0.2) is 71.2 Å². The number of anilines is 2. The number of carbonyl (C=O) groups is 1. The number of aldehydes is 1. The molecule has 0 radical (unpaired) electrons. The number of aromatic amines is 1. The molecule has 0 saturated carbocycles. The van der Waals surface area contributed by atoms with E-state index in [0.717, 1.165) is 34.1 Å². The SMILES string of the molecule is CC1=CC(C)NN1Cc1ccc2[nH]c3cc(C)c(Nc4ccccc4C=O)cc3c(=O)c2c1. The fourth-order valence-electron chi connectivity index (χ4n) is 4.46. The lowest BCUT2D eigenvalue weighted by molar-refractivity contribution is 0.112. The van der Waals surface area contributed by atoms with Gasteiger partial charge in [-0.05, 0) is 74.4 Å². The van der Waals surface area contributed by atoms with Gasteiger partial charge < -0.3 is 15.3 Å². The summed E-state index contributed by atoms with van der Waals surface area (Å²) in [6.45, 7) is 6.86. The maximum Gasteiger partial charge on any atom is 0.197 e. The molecule has 6 nitrogen and oxygen atoms in total. The third-order valence-corrected chi connectivity index (χ3v) is 6.18. The quantitative estimate of drug-likeness (QED) is 0.296. The van der Waals surface area contributed by atoms with Gasteiger partial charge in [0.25, 0.3) is 0 Å². The van der Waals surface area contributed by atoms with Crippen molar-refractivity contribution in [2.75, 3.05) is 5.32 Å². The molecule has 5 rings (SSSR count). The van der Waals surface area contributed by atoms with E-state index in [1.807, 2.05) is 49.4 Å². The Morgan fingerprint density at radius 1 is 1.00 bits per heavy atom. The molecule has 0 spiro atoms. The van der Waals surface area contributed by atoms with Crippen LogP contribution < -0.4 is 16.2 Å². The van der Waals surface area contributed by atoms with Crippen LogP contribution in [0.25, 0.3) is 21.8 Å². The number of para-hydroxylation sites is 1. The lowest BCUT2D eigenvalue weighted by Gasteiger charge is -2.22. The zero-order valence-corrected chi connectivity index (χ0v) is 18.9. The van der Waals surface area contributed by atoms with Gasteiger partial charge in [-0.25, -0.2) is 5.43 Å². The third kappa shape index (κ3) is 3.90. The van der Waals surface area contributed by atoms with Crippen LogP contribution in [0.5, 0.6) is 0 Å². The average molecular weight is 439 g/mol. The monoisotopic (exact) mass is 438 g/mol. The number of benzene rings is 3. The molecule has 1 aliphatic rings. The smallest absolute Gasteiger partial charge is 0.197 e. The normalized spacial score (nSPS) is 15.8. The van der Waals surface area contributed by atoms with Crippen LogP contribution in [0.4, 0.5) is 11.4 Å². The summed E-state index contributed by atoms with van der Waals surface area (Å²) in [4.78, 5) is 28.3. The van der Waals surface area contributed by atoms with Gasteiger partial charge in [-0.3, -0.25) is 9.59 Å². The van der Waals surface area contributed by atoms with Gasteiger partial charge in [0.15, 0.2) is 11.7 Å². The Kier molecular flexibility index (Phi) is 5.23. The molecule has 6 heteroatoms. The number of aryl methyl sites for hydroxylation is 1. The van der Waals surface area contributed by atoms with Crippen molar-refractivity contribution in [3.8, 4) is 0 Å². The molecule has 0 bridgehead atoms. The molecule has 3 aromatic carbocycles. The molecule has 1 aliphatic heterocycles. The first-order chi connectivity index (χ1) is 15.9. The summed E-state index contributed by atoms with van der Waals surface area (Å²) in [6, 6.07) is 17.5. The number of nitrogens with zero attached hydrogens (tertiary/aromatic N) is 1. The van der Waals surface area contributed by atoms with Crippen molar-refractivity contribution >= 4 is 39.5 Å². The van der Waals surface area contributed by atoms with Crippen molar-refractivity contribution in [1.29, 1.82) is 0 Å². The minimum absolute atomic E-state index is 0.0117. The summed E-state index contributed by atoms with van der Waals surface area (Å²) in [5.74, 6) is 0. The first-order valence-corrected chi connectivity index (χ1v) is 11.1. The maximum atomic E-state index is 13.5. The Labute approximate surface area is 191 Å². The van der Waals surface area contributed by atoms with Gasteiger partial charge in [-0.2, -0.15) is 0 Å². The molecule has 4 aromatic rings. The zero-order valence-electron chi connectivity index (χ0n) is 18.9. The molecule has 1 unspecified atom stereocenters. The number of hydrazine groups is 1. The summed E-state index contributed by atoms with van der Waals surface area (Å²) >= 11 is 0. The first kappa shape index (κ1) is 21.0. The number of aromatic nitrogens is 1. The average Bonchev–Trinajstić information content (AvgIpc) is 3.12. The van der Waals surface area contributed by atoms with Gasteiger partial charge in [-0.15, -0.1) is 0 Å². The Hall–Kier alpha value is -3.90. The highest BCUT2D eigenvalue weighted by Gasteiger charge is 2.17. The minimum atomic E-state index is -0.0117. The predicted molar refractivity (Wildman–Crippen MR) is 134 cm³/mol. The highest BCUT2D eigenvalue weighted by Crippen LogP contribution is 2.27. The number of rotatable bonds is 5. The van der Waals surface area contributed by atoms with E-state index in [0.29, 0.717) is 34.6 Å². The van der Waals surface area contributed by atoms with Crippen LogP contribution in [-0.2, 0) is 6.54 Å². The van der Waals surface area contributed by atoms with Gasteiger partial charge in [0.05, 0.1) is 12.1 Å². The molecular formula is C27H26N4O2. The number of carbonyl (C=O) groups excluding carboxylic acids is 1. The Morgan fingerprint density at radius 2 is 1.79 bits per heavy atom. The van der Waals surface area contributed by atoms with Gasteiger partial charge in [0.1, 0.15) is 0 Å². The lowest BCUT2D eigenvalue weighted by atomic mass is 10.0. The molecule has 1 atom stereocenters. The van der Waals surface area contributed by atoms with E-state index in [4.69, 9.17) is 0 Å². The molecule has 0 fully saturated rings. The highest BCUT2D eigenvalue weighted by atomic mass is 16.1. The summed E-state index contributed by atoms with van der Waals surface area (Å²) in [6.07, 6.45) is 3.01. The van der Waals surface area contributed by atoms with E-state index < -0.39 is 0 Å². The fraction of sp³-hybridized carbons (Fsp3) is 0.185. The number of nitrogens with one attached hydrogen (secondary N) is 3. The van der Waals surface area contributed by atoms with Gasteiger partial charge in [-0.1, -0.05) is 18.2 Å². The van der Waals surface area contributed by atoms with Crippen LogP contribution >= 0.6 is 0 Å². The summed E-state index contributed by atoms with van der Waals surface area (Å²) < 4.78 is 0. The third-order valence-electron chi connectivity index (χ3n) is 6.18. The Morgan fingerprint density at radius 3 is 2.55 bits per heavy atom. The molecule has 0 aliphatic carbocycles. The van der Waals surface area contributed by atoms with E-state index in [2.05, 4.69) is 46.7 Å². The fourth-order valence-corrected chi connectivity index (χ4v) is 4.46. The van der Waals surface area contributed by atoms with Crippen molar-refractivity contribution in [3.63, 3.8) is 0 Å². The molecule has 2 heterocycles. The van der Waals surface area contributed by atoms with E-state index >= 15 is 0 Å². The molecule has 1 aromatic heterocycles. The number of H-pyrrole nitrogens is 1. The number of hydrogen-bond donors (Lipinski definition) is 3. The van der Waals surface area contributed by atoms with Crippen LogP contribution in [0.3, 0.4) is 0 Å². The number of pyridine rings is 1. The lowest BCUT2D eigenvalue weighted by Crippen LogP contribution is -2.34. The second-order valence-corrected chi connectivity index (χ2v) is 8.69. The van der Waals surface area contributed by atoms with Crippen molar-refractivity contribution < 1.29 is 4.79 Å². The molecule has 166 valence electrons. The van der Waals surface area contributed by atoms with Gasteiger partial charge in [0, 0.05) is 45.0 Å². The molecule has 0 amide bonds. The number of fused-ring (bicyclic) bond motifs is 2. The largest absolute Gasteiger partial charge is 0.355 e. The van der Waals surface area contributed by atoms with Gasteiger partial charge in [0.2, 0.25) is 0 Å². The van der Waals surface area contributed by atoms with Crippen molar-refractivity contribution in [2.24, 2.45) is 0 Å². The predicted octanol–water partition coefficient (Wildman–Crippen LogP) is 5.16. The summed E-state index contributed by atoms with van der Waals surface area (Å²) in [5, 5.41) is 6.71. The van der Waals surface area contributed by atoms with Crippen LogP contribution in [-0.4, -0.2) is 22.3 Å². The number of allylic oxidation sites excluding steroid dienone is 1. The van der Waals surface area contributed by atoms with Crippen LogP contribution in [0.1, 0.15) is 35.3 Å². The Balaban J connectivity index is 1.56. The molecule has 3 N–H and O–H groups in total. The van der Waals surface area contributed by atoms with Gasteiger partial charge >= 0.3 is 0 Å². The van der Waals surface area contributed by atoms with Crippen LogP contribution in [0.2, 0.25) is 0 Å². The standard InChI is InChI=1S/C27H26N4O2/c1-16-10-26-22(13-25(16)28-23-7-5-4-6-20(23)15-32)27(33)21-12-19(8-9-24(21)29-26)14-31-18(3)11-17(2)30-31/h4-13,15,17,28,30H,14H2,1-3H3,(H,29,33). The Bertz CT molecular complexity index is 1490. The molecular weight excluding hydrogens is 412 g/mol. The highest BCUT2D eigenvalue weighted by molar-refractivity contribution is 5.95. The maximum absolute atomic E-state index is 13.5. The second kappa shape index (κ2) is 8.22. The van der Waals surface area contributed by atoms with Crippen molar-refractivity contribution in [1.82, 2.24) is 15.4 Å². The van der Waals surface area contributed by atoms with E-state index in [-0.39, 0.29) is 5.43 Å². The van der Waals surface area contributed by atoms with Crippen LogP contribution in [0, 0.1) is 6.92 Å². The van der Waals surface area contributed by atoms with Crippen molar-refractivity contribution in [2.45, 2.75) is 33.4 Å². The topological polar surface area (TPSA) is 77.2 Å². The van der Waals surface area contributed by atoms with E-state index in [1.54, 1.807) is 6.07 Å². The van der Waals surface area contributed by atoms with E-state index in [1.165, 1.54) is 5.70 Å². The summed E-state index contributed by atoms with van der Waals surface area (Å²) in [7, 11) is 0. The van der Waals surface area contributed by atoms with Crippen molar-refractivity contribution in [3.05, 3.63) is 93.3 Å². The summed E-state index contributed by atoms with van der Waals surface area (Å²) in [5.41, 5.74) is 10.3.